The van der Waals surface area contributed by atoms with E-state index in [4.69, 9.17) is 9.47 Å². The first kappa shape index (κ1) is 20.1. The van der Waals surface area contributed by atoms with Gasteiger partial charge in [0.05, 0.1) is 13.2 Å². The van der Waals surface area contributed by atoms with E-state index in [1.54, 1.807) is 0 Å². The van der Waals surface area contributed by atoms with Crippen LogP contribution in [0.15, 0.2) is 46.9 Å². The predicted octanol–water partition coefficient (Wildman–Crippen LogP) is 4.29. The van der Waals surface area contributed by atoms with Gasteiger partial charge in [0.2, 0.25) is 0 Å². The number of ether oxygens (including phenoxy) is 2. The minimum Gasteiger partial charge on any atom is -0.490 e. The van der Waals surface area contributed by atoms with Crippen LogP contribution in [0.1, 0.15) is 25.0 Å². The predicted molar refractivity (Wildman–Crippen MR) is 107 cm³/mol. The molecule has 2 rings (SSSR count). The lowest BCUT2D eigenvalue weighted by Crippen LogP contribution is -2.36. The van der Waals surface area contributed by atoms with Gasteiger partial charge in [-0.3, -0.25) is 0 Å². The first-order valence-corrected chi connectivity index (χ1v) is 9.56. The summed E-state index contributed by atoms with van der Waals surface area (Å²) in [7, 11) is 0. The number of nitrogens with one attached hydrogen (secondary N) is 2. The van der Waals surface area contributed by atoms with E-state index >= 15 is 0 Å². The largest absolute Gasteiger partial charge is 0.490 e. The van der Waals surface area contributed by atoms with Gasteiger partial charge >= 0.3 is 6.03 Å². The average Bonchev–Trinajstić information content (AvgIpc) is 2.64. The summed E-state index contributed by atoms with van der Waals surface area (Å²) >= 11 is 3.39. The zero-order valence-corrected chi connectivity index (χ0v) is 16.8. The normalized spacial score (nSPS) is 10.3. The minimum atomic E-state index is -0.177. The number of amides is 2. The highest BCUT2D eigenvalue weighted by Crippen LogP contribution is 2.28. The molecule has 0 aromatic heterocycles. The topological polar surface area (TPSA) is 59.6 Å². The van der Waals surface area contributed by atoms with Crippen molar-refractivity contribution in [2.24, 2.45) is 0 Å². The molecule has 0 bridgehead atoms. The summed E-state index contributed by atoms with van der Waals surface area (Å²) in [5, 5.41) is 5.72. The molecule has 0 heterocycles. The Morgan fingerprint density at radius 1 is 0.923 bits per heavy atom. The monoisotopic (exact) mass is 420 g/mol. The lowest BCUT2D eigenvalue weighted by atomic mass is 10.1. The molecule has 140 valence electrons. The molecule has 0 aliphatic rings. The number of rotatable bonds is 9. The Labute approximate surface area is 163 Å². The standard InChI is InChI=1S/C20H25BrN2O3/c1-3-25-18-10-7-15(13-19(18)26-4-2)11-12-22-20(24)23-14-16-5-8-17(21)9-6-16/h5-10,13H,3-4,11-12,14H2,1-2H3,(H2,22,23,24). The summed E-state index contributed by atoms with van der Waals surface area (Å²) in [5.41, 5.74) is 2.14. The number of hydrogen-bond acceptors (Lipinski definition) is 3. The molecule has 0 saturated carbocycles. The molecule has 0 aliphatic carbocycles. The molecule has 0 aliphatic heterocycles. The number of benzene rings is 2. The minimum absolute atomic E-state index is 0.177. The number of urea groups is 1. The maximum absolute atomic E-state index is 11.9. The van der Waals surface area contributed by atoms with Crippen molar-refractivity contribution < 1.29 is 14.3 Å². The van der Waals surface area contributed by atoms with E-state index < -0.39 is 0 Å². The Hall–Kier alpha value is -2.21. The van der Waals surface area contributed by atoms with E-state index in [-0.39, 0.29) is 6.03 Å². The van der Waals surface area contributed by atoms with E-state index in [2.05, 4.69) is 26.6 Å². The fourth-order valence-corrected chi connectivity index (χ4v) is 2.68. The maximum Gasteiger partial charge on any atom is 0.315 e. The number of carbonyl (C=O) groups is 1. The van der Waals surface area contributed by atoms with Crippen LogP contribution in [0.25, 0.3) is 0 Å². The molecule has 2 aromatic carbocycles. The van der Waals surface area contributed by atoms with Crippen LogP contribution in [-0.2, 0) is 13.0 Å². The van der Waals surface area contributed by atoms with Gasteiger partial charge in [0.25, 0.3) is 0 Å². The molecule has 2 N–H and O–H groups in total. The first-order chi connectivity index (χ1) is 12.6. The molecule has 0 unspecified atom stereocenters. The maximum atomic E-state index is 11.9. The third-order valence-electron chi connectivity index (χ3n) is 3.67. The number of halogens is 1. The van der Waals surface area contributed by atoms with Crippen molar-refractivity contribution in [2.75, 3.05) is 19.8 Å². The van der Waals surface area contributed by atoms with Crippen LogP contribution in [0.3, 0.4) is 0 Å². The molecular weight excluding hydrogens is 396 g/mol. The van der Waals surface area contributed by atoms with Crippen molar-refractivity contribution >= 4 is 22.0 Å². The van der Waals surface area contributed by atoms with Gasteiger partial charge < -0.3 is 20.1 Å². The molecule has 0 radical (unpaired) electrons. The van der Waals surface area contributed by atoms with Crippen LogP contribution in [0.5, 0.6) is 11.5 Å². The van der Waals surface area contributed by atoms with Crippen LogP contribution >= 0.6 is 15.9 Å². The second-order valence-corrected chi connectivity index (χ2v) is 6.55. The smallest absolute Gasteiger partial charge is 0.315 e. The van der Waals surface area contributed by atoms with Crippen LogP contribution in [0.2, 0.25) is 0 Å². The van der Waals surface area contributed by atoms with Crippen LogP contribution < -0.4 is 20.1 Å². The Bertz CT molecular complexity index is 705. The van der Waals surface area contributed by atoms with Gasteiger partial charge in [0.1, 0.15) is 0 Å². The van der Waals surface area contributed by atoms with Gasteiger partial charge in [-0.15, -0.1) is 0 Å². The molecule has 0 fully saturated rings. The Balaban J connectivity index is 1.78. The Morgan fingerprint density at radius 3 is 2.27 bits per heavy atom. The summed E-state index contributed by atoms with van der Waals surface area (Å²) in [4.78, 5) is 11.9. The SMILES string of the molecule is CCOc1ccc(CCNC(=O)NCc2ccc(Br)cc2)cc1OCC. The highest BCUT2D eigenvalue weighted by atomic mass is 79.9. The molecule has 5 nitrogen and oxygen atoms in total. The average molecular weight is 421 g/mol. The lowest BCUT2D eigenvalue weighted by molar-refractivity contribution is 0.240. The van der Waals surface area contributed by atoms with Crippen LogP contribution in [0, 0.1) is 0 Å². The van der Waals surface area contributed by atoms with E-state index in [0.29, 0.717) is 26.3 Å². The number of hydrogen-bond donors (Lipinski definition) is 2. The van der Waals surface area contributed by atoms with E-state index in [9.17, 15) is 4.79 Å². The molecule has 0 spiro atoms. The third-order valence-corrected chi connectivity index (χ3v) is 4.20. The van der Waals surface area contributed by atoms with Crippen LogP contribution in [0.4, 0.5) is 4.79 Å². The van der Waals surface area contributed by atoms with Gasteiger partial charge in [-0.1, -0.05) is 34.1 Å². The van der Waals surface area contributed by atoms with E-state index in [0.717, 1.165) is 33.5 Å². The van der Waals surface area contributed by atoms with Gasteiger partial charge in [-0.2, -0.15) is 0 Å². The van der Waals surface area contributed by atoms with Gasteiger partial charge in [-0.05, 0) is 55.7 Å². The summed E-state index contributed by atoms with van der Waals surface area (Å²) in [6, 6.07) is 13.6. The molecule has 2 aromatic rings. The zero-order valence-electron chi connectivity index (χ0n) is 15.2. The highest BCUT2D eigenvalue weighted by Gasteiger charge is 2.07. The molecule has 0 saturated heterocycles. The van der Waals surface area contributed by atoms with Crippen LogP contribution in [-0.4, -0.2) is 25.8 Å². The molecule has 26 heavy (non-hydrogen) atoms. The van der Waals surface area contributed by atoms with Crippen molar-refractivity contribution in [1.29, 1.82) is 0 Å². The second kappa shape index (κ2) is 10.7. The molecular formula is C20H25BrN2O3. The second-order valence-electron chi connectivity index (χ2n) is 5.63. The summed E-state index contributed by atoms with van der Waals surface area (Å²) in [6.07, 6.45) is 0.720. The summed E-state index contributed by atoms with van der Waals surface area (Å²) in [5.74, 6) is 1.49. The molecule has 0 atom stereocenters. The van der Waals surface area contributed by atoms with E-state index in [1.807, 2.05) is 56.3 Å². The highest BCUT2D eigenvalue weighted by molar-refractivity contribution is 9.10. The van der Waals surface area contributed by atoms with Gasteiger partial charge in [-0.25, -0.2) is 4.79 Å². The van der Waals surface area contributed by atoms with Crippen molar-refractivity contribution in [3.8, 4) is 11.5 Å². The fraction of sp³-hybridized carbons (Fsp3) is 0.350. The third kappa shape index (κ3) is 6.59. The number of carbonyl (C=O) groups excluding carboxylic acids is 1. The Kier molecular flexibility index (Phi) is 8.28. The zero-order chi connectivity index (χ0) is 18.8. The van der Waals surface area contributed by atoms with Crippen molar-refractivity contribution in [1.82, 2.24) is 10.6 Å². The molecule has 6 heteroatoms. The lowest BCUT2D eigenvalue weighted by Gasteiger charge is -2.13. The van der Waals surface area contributed by atoms with E-state index in [1.165, 1.54) is 0 Å². The van der Waals surface area contributed by atoms with Crippen molar-refractivity contribution in [3.63, 3.8) is 0 Å². The summed E-state index contributed by atoms with van der Waals surface area (Å²) in [6.45, 7) is 6.11. The van der Waals surface area contributed by atoms with Crippen molar-refractivity contribution in [2.45, 2.75) is 26.8 Å². The summed E-state index contributed by atoms with van der Waals surface area (Å²) < 4.78 is 12.2. The Morgan fingerprint density at radius 2 is 1.58 bits per heavy atom. The fourth-order valence-electron chi connectivity index (χ4n) is 2.42. The van der Waals surface area contributed by atoms with Crippen molar-refractivity contribution in [3.05, 3.63) is 58.1 Å². The first-order valence-electron chi connectivity index (χ1n) is 8.77. The van der Waals surface area contributed by atoms with Gasteiger partial charge in [0.15, 0.2) is 11.5 Å². The van der Waals surface area contributed by atoms with Gasteiger partial charge in [0, 0.05) is 17.6 Å². The molecule has 2 amide bonds. The quantitative estimate of drug-likeness (QED) is 0.635.